The highest BCUT2D eigenvalue weighted by molar-refractivity contribution is 9.10. The lowest BCUT2D eigenvalue weighted by Gasteiger charge is -2.15. The van der Waals surface area contributed by atoms with E-state index in [1.54, 1.807) is 0 Å². The molecule has 0 amide bonds. The second kappa shape index (κ2) is 6.09. The van der Waals surface area contributed by atoms with Crippen LogP contribution in [0.2, 0.25) is 0 Å². The first-order valence-corrected chi connectivity index (χ1v) is 8.72. The predicted molar refractivity (Wildman–Crippen MR) is 77.1 cm³/mol. The molecule has 0 saturated heterocycles. The Labute approximate surface area is 126 Å². The van der Waals surface area contributed by atoms with Crippen molar-refractivity contribution in [3.63, 3.8) is 0 Å². The first-order chi connectivity index (χ1) is 9.33. The number of hydrogen-bond acceptors (Lipinski definition) is 3. The smallest absolute Gasteiger partial charge is 0.243 e. The highest BCUT2D eigenvalue weighted by Crippen LogP contribution is 2.28. The Bertz CT molecular complexity index is 606. The molecule has 0 heterocycles. The van der Waals surface area contributed by atoms with Gasteiger partial charge in [-0.1, -0.05) is 22.9 Å². The minimum atomic E-state index is -3.92. The topological polar surface area (TPSA) is 66.4 Å². The Morgan fingerprint density at radius 1 is 1.45 bits per heavy atom. The average Bonchev–Trinajstić information content (AvgIpc) is 2.76. The third-order valence-corrected chi connectivity index (χ3v) is 5.53. The van der Waals surface area contributed by atoms with Crippen LogP contribution in [0.5, 0.6) is 0 Å². The third-order valence-electron chi connectivity index (χ3n) is 3.56. The molecule has 4 nitrogen and oxygen atoms in total. The monoisotopic (exact) mass is 365 g/mol. The molecule has 0 radical (unpaired) electrons. The van der Waals surface area contributed by atoms with Gasteiger partial charge in [-0.25, -0.2) is 17.5 Å². The van der Waals surface area contributed by atoms with Crippen molar-refractivity contribution in [2.75, 3.05) is 0 Å². The van der Waals surface area contributed by atoms with Crippen LogP contribution in [0, 0.1) is 11.7 Å². The van der Waals surface area contributed by atoms with Gasteiger partial charge in [0, 0.05) is 16.1 Å². The Morgan fingerprint density at radius 3 is 2.70 bits per heavy atom. The molecule has 2 rings (SSSR count). The third kappa shape index (κ3) is 3.39. The van der Waals surface area contributed by atoms with Crippen LogP contribution in [0.4, 0.5) is 4.39 Å². The van der Waals surface area contributed by atoms with Crippen LogP contribution < -0.4 is 4.72 Å². The van der Waals surface area contributed by atoms with Crippen molar-refractivity contribution in [1.29, 1.82) is 0 Å². The number of aliphatic hydroxyl groups is 1. The van der Waals surface area contributed by atoms with E-state index < -0.39 is 27.3 Å². The molecule has 1 aliphatic carbocycles. The van der Waals surface area contributed by atoms with Gasteiger partial charge in [-0.2, -0.15) is 0 Å². The number of rotatable bonds is 4. The molecule has 0 bridgehead atoms. The lowest BCUT2D eigenvalue weighted by atomic mass is 10.1. The highest BCUT2D eigenvalue weighted by atomic mass is 79.9. The van der Waals surface area contributed by atoms with E-state index >= 15 is 0 Å². The normalized spacial score (nSPS) is 23.2. The van der Waals surface area contributed by atoms with Crippen LogP contribution in [0.25, 0.3) is 0 Å². The Balaban J connectivity index is 2.32. The van der Waals surface area contributed by atoms with Crippen LogP contribution in [-0.2, 0) is 16.6 Å². The first kappa shape index (κ1) is 15.9. The Hall–Kier alpha value is -0.500. The number of sulfonamides is 1. The molecular weight excluding hydrogens is 349 g/mol. The number of hydrogen-bond donors (Lipinski definition) is 2. The summed E-state index contributed by atoms with van der Waals surface area (Å²) in [7, 11) is -3.92. The summed E-state index contributed by atoms with van der Waals surface area (Å²) >= 11 is 3.13. The zero-order chi connectivity index (χ0) is 14.9. The molecular formula is C13H17BrFNO3S. The molecule has 2 atom stereocenters. The standard InChI is InChI=1S/C13H17BrFNO3S/c1-8-2-3-11(4-8)16-20(18,19)12-6-10(14)5-9(7-17)13(12)15/h5-6,8,11,16-17H,2-4,7H2,1H3. The van der Waals surface area contributed by atoms with Gasteiger partial charge in [-0.3, -0.25) is 0 Å². The van der Waals surface area contributed by atoms with Crippen molar-refractivity contribution in [2.45, 2.75) is 43.7 Å². The molecule has 0 spiro atoms. The second-order valence-corrected chi connectivity index (χ2v) is 7.87. The van der Waals surface area contributed by atoms with E-state index in [0.29, 0.717) is 10.4 Å². The number of aliphatic hydroxyl groups excluding tert-OH is 1. The summed E-state index contributed by atoms with van der Waals surface area (Å²) in [4.78, 5) is -0.421. The fourth-order valence-corrected chi connectivity index (χ4v) is 4.61. The van der Waals surface area contributed by atoms with E-state index in [9.17, 15) is 12.8 Å². The van der Waals surface area contributed by atoms with E-state index in [1.165, 1.54) is 12.1 Å². The van der Waals surface area contributed by atoms with E-state index in [-0.39, 0.29) is 11.6 Å². The van der Waals surface area contributed by atoms with E-state index in [0.717, 1.165) is 19.3 Å². The molecule has 20 heavy (non-hydrogen) atoms. The minimum Gasteiger partial charge on any atom is -0.392 e. The maximum Gasteiger partial charge on any atom is 0.243 e. The second-order valence-electron chi connectivity index (χ2n) is 5.27. The summed E-state index contributed by atoms with van der Waals surface area (Å²) in [5, 5.41) is 9.08. The van der Waals surface area contributed by atoms with E-state index in [1.807, 2.05) is 0 Å². The summed E-state index contributed by atoms with van der Waals surface area (Å²) in [5.41, 5.74) is -0.0421. The molecule has 0 aliphatic heterocycles. The maximum absolute atomic E-state index is 14.1. The molecule has 1 aliphatic rings. The lowest BCUT2D eigenvalue weighted by molar-refractivity contribution is 0.274. The van der Waals surface area contributed by atoms with Gasteiger partial charge < -0.3 is 5.11 Å². The van der Waals surface area contributed by atoms with Crippen molar-refractivity contribution in [3.8, 4) is 0 Å². The van der Waals surface area contributed by atoms with Crippen LogP contribution in [0.1, 0.15) is 31.7 Å². The quantitative estimate of drug-likeness (QED) is 0.861. The summed E-state index contributed by atoms with van der Waals surface area (Å²) in [6.45, 7) is 1.52. The molecule has 1 aromatic rings. The van der Waals surface area contributed by atoms with Crippen LogP contribution in [-0.4, -0.2) is 19.6 Å². The molecule has 1 aromatic carbocycles. The van der Waals surface area contributed by atoms with Gasteiger partial charge >= 0.3 is 0 Å². The zero-order valence-corrected chi connectivity index (χ0v) is 13.5. The van der Waals surface area contributed by atoms with Crippen molar-refractivity contribution in [2.24, 2.45) is 5.92 Å². The van der Waals surface area contributed by atoms with Crippen molar-refractivity contribution in [1.82, 2.24) is 4.72 Å². The van der Waals surface area contributed by atoms with E-state index in [2.05, 4.69) is 27.6 Å². The fourth-order valence-electron chi connectivity index (χ4n) is 2.53. The summed E-state index contributed by atoms with van der Waals surface area (Å²) < 4.78 is 41.6. The highest BCUT2D eigenvalue weighted by Gasteiger charge is 2.29. The van der Waals surface area contributed by atoms with Crippen molar-refractivity contribution in [3.05, 3.63) is 28.0 Å². The van der Waals surface area contributed by atoms with Crippen LogP contribution in [0.3, 0.4) is 0 Å². The number of benzene rings is 1. The molecule has 7 heteroatoms. The van der Waals surface area contributed by atoms with Gasteiger partial charge in [0.1, 0.15) is 10.7 Å². The van der Waals surface area contributed by atoms with Crippen LogP contribution >= 0.6 is 15.9 Å². The van der Waals surface area contributed by atoms with Gasteiger partial charge in [-0.05, 0) is 37.3 Å². The number of halogens is 2. The van der Waals surface area contributed by atoms with Crippen molar-refractivity contribution >= 4 is 26.0 Å². The maximum atomic E-state index is 14.1. The molecule has 2 unspecified atom stereocenters. The summed E-state index contributed by atoms with van der Waals surface area (Å²) in [6, 6.07) is 2.44. The van der Waals surface area contributed by atoms with Gasteiger partial charge in [0.2, 0.25) is 10.0 Å². The molecule has 1 saturated carbocycles. The van der Waals surface area contributed by atoms with Crippen molar-refractivity contribution < 1.29 is 17.9 Å². The predicted octanol–water partition coefficient (Wildman–Crippen LogP) is 2.55. The van der Waals surface area contributed by atoms with Gasteiger partial charge in [-0.15, -0.1) is 0 Å². The average molecular weight is 366 g/mol. The lowest BCUT2D eigenvalue weighted by Crippen LogP contribution is -2.33. The van der Waals surface area contributed by atoms with E-state index in [4.69, 9.17) is 5.11 Å². The van der Waals surface area contributed by atoms with Gasteiger partial charge in [0.15, 0.2) is 0 Å². The largest absolute Gasteiger partial charge is 0.392 e. The SMILES string of the molecule is CC1CCC(NS(=O)(=O)c2cc(Br)cc(CO)c2F)C1. The van der Waals surface area contributed by atoms with Gasteiger partial charge in [0.05, 0.1) is 6.61 Å². The molecule has 2 N–H and O–H groups in total. The Morgan fingerprint density at radius 2 is 2.15 bits per heavy atom. The van der Waals surface area contributed by atoms with Crippen LogP contribution in [0.15, 0.2) is 21.5 Å². The number of nitrogens with one attached hydrogen (secondary N) is 1. The molecule has 0 aromatic heterocycles. The first-order valence-electron chi connectivity index (χ1n) is 6.44. The Kier molecular flexibility index (Phi) is 4.84. The molecule has 112 valence electrons. The molecule has 1 fully saturated rings. The van der Waals surface area contributed by atoms with Gasteiger partial charge in [0.25, 0.3) is 0 Å². The summed E-state index contributed by atoms with van der Waals surface area (Å²) in [5.74, 6) is -0.419. The minimum absolute atomic E-state index is 0.0421. The zero-order valence-electron chi connectivity index (χ0n) is 11.1. The summed E-state index contributed by atoms with van der Waals surface area (Å²) in [6.07, 6.45) is 2.50. The fraction of sp³-hybridized carbons (Fsp3) is 0.538.